The lowest BCUT2D eigenvalue weighted by atomic mass is 9.89. The molecule has 1 aliphatic rings. The lowest BCUT2D eigenvalue weighted by Gasteiger charge is -2.34. The molecule has 1 aliphatic carbocycles. The molecule has 6 heteroatoms. The Bertz CT molecular complexity index is 354. The molecule has 1 aromatic rings. The monoisotopic (exact) mass is 212 g/mol. The summed E-state index contributed by atoms with van der Waals surface area (Å²) in [6.07, 6.45) is 3.06. The molecule has 15 heavy (non-hydrogen) atoms. The topological polar surface area (TPSA) is 73.1 Å². The number of nitrogens with zero attached hydrogens (tertiary/aromatic N) is 2. The average Bonchev–Trinajstić information content (AvgIpc) is 2.16. The second-order valence-electron chi connectivity index (χ2n) is 3.60. The summed E-state index contributed by atoms with van der Waals surface area (Å²) in [5.74, 6) is -0.242. The van der Waals surface area contributed by atoms with E-state index in [0.717, 1.165) is 19.0 Å². The van der Waals surface area contributed by atoms with Gasteiger partial charge in [-0.05, 0) is 12.8 Å². The first kappa shape index (κ1) is 10.1. The van der Waals surface area contributed by atoms with Crippen LogP contribution in [0.2, 0.25) is 0 Å². The highest BCUT2D eigenvalue weighted by molar-refractivity contribution is 5.40. The van der Waals surface area contributed by atoms with E-state index in [1.807, 2.05) is 0 Å². The van der Waals surface area contributed by atoms with Gasteiger partial charge in [-0.25, -0.2) is 9.37 Å². The van der Waals surface area contributed by atoms with Crippen LogP contribution in [0.4, 0.5) is 16.2 Å². The van der Waals surface area contributed by atoms with E-state index in [1.165, 1.54) is 0 Å². The SMILES string of the molecule is COC1CC(Nc2nc(N)ncc2F)C1. The number of anilines is 2. The van der Waals surface area contributed by atoms with E-state index in [-0.39, 0.29) is 23.9 Å². The van der Waals surface area contributed by atoms with Crippen LogP contribution in [0.3, 0.4) is 0 Å². The molecule has 0 atom stereocenters. The number of aromatic nitrogens is 2. The van der Waals surface area contributed by atoms with Crippen LogP contribution in [0.1, 0.15) is 12.8 Å². The number of nitrogens with two attached hydrogens (primary N) is 1. The van der Waals surface area contributed by atoms with E-state index in [9.17, 15) is 4.39 Å². The quantitative estimate of drug-likeness (QED) is 0.774. The Morgan fingerprint density at radius 1 is 1.60 bits per heavy atom. The molecule has 82 valence electrons. The molecule has 0 saturated heterocycles. The summed E-state index contributed by atoms with van der Waals surface area (Å²) in [7, 11) is 1.67. The highest BCUT2D eigenvalue weighted by atomic mass is 19.1. The smallest absolute Gasteiger partial charge is 0.222 e. The highest BCUT2D eigenvalue weighted by Crippen LogP contribution is 2.26. The minimum Gasteiger partial charge on any atom is -0.381 e. The predicted molar refractivity (Wildman–Crippen MR) is 53.8 cm³/mol. The van der Waals surface area contributed by atoms with Crippen molar-refractivity contribution < 1.29 is 9.13 Å². The Morgan fingerprint density at radius 3 is 3.00 bits per heavy atom. The fourth-order valence-corrected chi connectivity index (χ4v) is 1.55. The zero-order chi connectivity index (χ0) is 10.8. The number of halogens is 1. The molecule has 0 unspecified atom stereocenters. The van der Waals surface area contributed by atoms with Gasteiger partial charge in [-0.1, -0.05) is 0 Å². The summed E-state index contributed by atoms with van der Waals surface area (Å²) in [5.41, 5.74) is 5.36. The summed E-state index contributed by atoms with van der Waals surface area (Å²) in [6.45, 7) is 0. The standard InChI is InChI=1S/C9H13FN4O/c1-15-6-2-5(3-6)13-8-7(10)4-12-9(11)14-8/h4-6H,2-3H2,1H3,(H3,11,12,13,14). The molecule has 5 nitrogen and oxygen atoms in total. The number of hydrogen-bond donors (Lipinski definition) is 2. The zero-order valence-electron chi connectivity index (χ0n) is 8.40. The molecule has 0 amide bonds. The lowest BCUT2D eigenvalue weighted by Crippen LogP contribution is -2.40. The summed E-state index contributed by atoms with van der Waals surface area (Å²) < 4.78 is 18.3. The molecule has 0 bridgehead atoms. The van der Waals surface area contributed by atoms with E-state index in [4.69, 9.17) is 10.5 Å². The second kappa shape index (κ2) is 3.98. The van der Waals surface area contributed by atoms with Gasteiger partial charge in [0.15, 0.2) is 11.6 Å². The predicted octanol–water partition coefficient (Wildman–Crippen LogP) is 0.787. The van der Waals surface area contributed by atoms with Gasteiger partial charge in [0, 0.05) is 13.2 Å². The first-order valence-corrected chi connectivity index (χ1v) is 4.76. The molecular formula is C9H13FN4O. The Kier molecular flexibility index (Phi) is 2.68. The van der Waals surface area contributed by atoms with Gasteiger partial charge in [0.2, 0.25) is 5.95 Å². The second-order valence-corrected chi connectivity index (χ2v) is 3.60. The Balaban J connectivity index is 1.97. The van der Waals surface area contributed by atoms with Gasteiger partial charge in [-0.2, -0.15) is 4.98 Å². The van der Waals surface area contributed by atoms with Crippen molar-refractivity contribution in [1.29, 1.82) is 0 Å². The molecule has 1 saturated carbocycles. The molecule has 1 heterocycles. The Morgan fingerprint density at radius 2 is 2.33 bits per heavy atom. The van der Waals surface area contributed by atoms with Gasteiger partial charge >= 0.3 is 0 Å². The van der Waals surface area contributed by atoms with Gasteiger partial charge in [-0.3, -0.25) is 0 Å². The number of nitrogen functional groups attached to an aromatic ring is 1. The van der Waals surface area contributed by atoms with Crippen molar-refractivity contribution in [3.05, 3.63) is 12.0 Å². The molecule has 0 aromatic carbocycles. The summed E-state index contributed by atoms with van der Waals surface area (Å²) >= 11 is 0. The number of nitrogens with one attached hydrogen (secondary N) is 1. The fraction of sp³-hybridized carbons (Fsp3) is 0.556. The van der Waals surface area contributed by atoms with Crippen molar-refractivity contribution in [3.63, 3.8) is 0 Å². The van der Waals surface area contributed by atoms with Gasteiger partial charge in [-0.15, -0.1) is 0 Å². The third-order valence-electron chi connectivity index (χ3n) is 2.53. The molecule has 1 aromatic heterocycles. The van der Waals surface area contributed by atoms with Crippen LogP contribution in [0, 0.1) is 5.82 Å². The van der Waals surface area contributed by atoms with E-state index < -0.39 is 5.82 Å². The van der Waals surface area contributed by atoms with Crippen LogP contribution in [0.15, 0.2) is 6.20 Å². The first-order chi connectivity index (χ1) is 7.19. The van der Waals surface area contributed by atoms with Crippen molar-refractivity contribution in [1.82, 2.24) is 9.97 Å². The van der Waals surface area contributed by atoms with Crippen molar-refractivity contribution >= 4 is 11.8 Å². The summed E-state index contributed by atoms with van der Waals surface area (Å²) in [5, 5.41) is 2.97. The van der Waals surface area contributed by atoms with Crippen molar-refractivity contribution in [3.8, 4) is 0 Å². The van der Waals surface area contributed by atoms with Crippen molar-refractivity contribution in [2.75, 3.05) is 18.2 Å². The fourth-order valence-electron chi connectivity index (χ4n) is 1.55. The molecular weight excluding hydrogens is 199 g/mol. The minimum atomic E-state index is -0.481. The zero-order valence-corrected chi connectivity index (χ0v) is 8.40. The maximum absolute atomic E-state index is 13.2. The van der Waals surface area contributed by atoms with E-state index >= 15 is 0 Å². The summed E-state index contributed by atoms with van der Waals surface area (Å²) in [6, 6.07) is 0.207. The van der Waals surface area contributed by atoms with E-state index in [1.54, 1.807) is 7.11 Å². The largest absolute Gasteiger partial charge is 0.381 e. The van der Waals surface area contributed by atoms with Crippen LogP contribution in [-0.2, 0) is 4.74 Å². The minimum absolute atomic E-state index is 0.0708. The van der Waals surface area contributed by atoms with Crippen LogP contribution < -0.4 is 11.1 Å². The first-order valence-electron chi connectivity index (χ1n) is 4.76. The Labute approximate surface area is 86.9 Å². The highest BCUT2D eigenvalue weighted by Gasteiger charge is 2.29. The molecule has 3 N–H and O–H groups in total. The number of hydrogen-bond acceptors (Lipinski definition) is 5. The van der Waals surface area contributed by atoms with Gasteiger partial charge in [0.25, 0.3) is 0 Å². The number of ether oxygens (including phenoxy) is 1. The maximum atomic E-state index is 13.2. The third-order valence-corrected chi connectivity index (χ3v) is 2.53. The number of methoxy groups -OCH3 is 1. The maximum Gasteiger partial charge on any atom is 0.222 e. The van der Waals surface area contributed by atoms with Gasteiger partial charge < -0.3 is 15.8 Å². The van der Waals surface area contributed by atoms with Crippen LogP contribution in [0.25, 0.3) is 0 Å². The summed E-state index contributed by atoms with van der Waals surface area (Å²) in [4.78, 5) is 7.33. The molecule has 0 radical (unpaired) electrons. The molecule has 0 aliphatic heterocycles. The van der Waals surface area contributed by atoms with Crippen LogP contribution in [-0.4, -0.2) is 29.2 Å². The lowest BCUT2D eigenvalue weighted by molar-refractivity contribution is 0.0327. The van der Waals surface area contributed by atoms with Crippen molar-refractivity contribution in [2.45, 2.75) is 25.0 Å². The number of rotatable bonds is 3. The van der Waals surface area contributed by atoms with Gasteiger partial charge in [0.1, 0.15) is 0 Å². The van der Waals surface area contributed by atoms with Crippen LogP contribution >= 0.6 is 0 Å². The van der Waals surface area contributed by atoms with Crippen molar-refractivity contribution in [2.24, 2.45) is 0 Å². The van der Waals surface area contributed by atoms with Gasteiger partial charge in [0.05, 0.1) is 12.3 Å². The molecule has 2 rings (SSSR count). The molecule has 0 spiro atoms. The molecule has 1 fully saturated rings. The van der Waals surface area contributed by atoms with Crippen LogP contribution in [0.5, 0.6) is 0 Å². The average molecular weight is 212 g/mol. The Hall–Kier alpha value is -1.43. The van der Waals surface area contributed by atoms with E-state index in [0.29, 0.717) is 0 Å². The normalized spacial score (nSPS) is 24.7. The van der Waals surface area contributed by atoms with E-state index in [2.05, 4.69) is 15.3 Å². The third kappa shape index (κ3) is 2.15.